The lowest BCUT2D eigenvalue weighted by Gasteiger charge is -2.21. The minimum atomic E-state index is 0.198. The summed E-state index contributed by atoms with van der Waals surface area (Å²) in [5.74, 6) is 1.48. The minimum absolute atomic E-state index is 0.198. The zero-order chi connectivity index (χ0) is 17.9. The summed E-state index contributed by atoms with van der Waals surface area (Å²) < 4.78 is 5.85. The average Bonchev–Trinajstić information content (AvgIpc) is 3.06. The second-order valence-corrected chi connectivity index (χ2v) is 7.47. The van der Waals surface area contributed by atoms with Crippen molar-refractivity contribution in [2.45, 2.75) is 13.0 Å². The topological polar surface area (TPSA) is 56.8 Å². The molecule has 3 N–H and O–H groups in total. The van der Waals surface area contributed by atoms with Crippen LogP contribution in [0.15, 0.2) is 36.4 Å². The molecule has 1 saturated heterocycles. The molecule has 0 spiro atoms. The summed E-state index contributed by atoms with van der Waals surface area (Å²) >= 11 is 6.12. The molecule has 4 rings (SSSR count). The van der Waals surface area contributed by atoms with Crippen molar-refractivity contribution in [1.29, 1.82) is 0 Å². The lowest BCUT2D eigenvalue weighted by atomic mass is 10.0. The fraction of sp³-hybridized carbons (Fsp3) is 0.400. The molecule has 0 saturated carbocycles. The van der Waals surface area contributed by atoms with Gasteiger partial charge in [-0.15, -0.1) is 0 Å². The van der Waals surface area contributed by atoms with Crippen LogP contribution in [-0.2, 0) is 6.54 Å². The Morgan fingerprint density at radius 3 is 2.81 bits per heavy atom. The van der Waals surface area contributed by atoms with Crippen LogP contribution in [0, 0.1) is 5.92 Å². The van der Waals surface area contributed by atoms with Crippen LogP contribution in [0.2, 0.25) is 5.02 Å². The number of phenols is 1. The number of aromatic hydroxyl groups is 1. The van der Waals surface area contributed by atoms with E-state index in [1.54, 1.807) is 6.07 Å². The first-order valence-electron chi connectivity index (χ1n) is 9.12. The lowest BCUT2D eigenvalue weighted by molar-refractivity contribution is 0.214. The smallest absolute Gasteiger partial charge is 0.165 e. The van der Waals surface area contributed by atoms with Gasteiger partial charge in [-0.25, -0.2) is 0 Å². The van der Waals surface area contributed by atoms with Crippen molar-refractivity contribution in [2.24, 2.45) is 5.92 Å². The Labute approximate surface area is 158 Å². The monoisotopic (exact) mass is 373 g/mol. The van der Waals surface area contributed by atoms with Gasteiger partial charge in [0.1, 0.15) is 6.61 Å². The van der Waals surface area contributed by atoms with Gasteiger partial charge in [0.15, 0.2) is 11.5 Å². The molecule has 0 atom stereocenters. The van der Waals surface area contributed by atoms with E-state index < -0.39 is 0 Å². The van der Waals surface area contributed by atoms with Gasteiger partial charge >= 0.3 is 0 Å². The van der Waals surface area contributed by atoms with E-state index in [2.05, 4.69) is 21.8 Å². The van der Waals surface area contributed by atoms with E-state index >= 15 is 0 Å². The Bertz CT molecular complexity index is 778. The highest BCUT2D eigenvalue weighted by molar-refractivity contribution is 6.30. The molecule has 2 aliphatic rings. The number of nitrogens with zero attached hydrogens (tertiary/aromatic N) is 1. The van der Waals surface area contributed by atoms with Crippen molar-refractivity contribution in [3.05, 3.63) is 47.0 Å². The van der Waals surface area contributed by atoms with Crippen LogP contribution in [0.25, 0.3) is 11.1 Å². The van der Waals surface area contributed by atoms with Crippen LogP contribution in [-0.4, -0.2) is 42.8 Å². The fourth-order valence-corrected chi connectivity index (χ4v) is 3.84. The first kappa shape index (κ1) is 17.6. The van der Waals surface area contributed by atoms with Gasteiger partial charge in [0.05, 0.1) is 0 Å². The number of benzene rings is 2. The molecule has 2 aromatic carbocycles. The van der Waals surface area contributed by atoms with Gasteiger partial charge in [0, 0.05) is 36.8 Å². The van der Waals surface area contributed by atoms with Gasteiger partial charge in [-0.3, -0.25) is 15.8 Å². The van der Waals surface area contributed by atoms with Crippen LogP contribution in [0.1, 0.15) is 12.0 Å². The number of ether oxygens (including phenoxy) is 1. The molecule has 1 fully saturated rings. The highest BCUT2D eigenvalue weighted by Gasteiger charge is 2.21. The quantitative estimate of drug-likeness (QED) is 0.769. The second-order valence-electron chi connectivity index (χ2n) is 7.04. The van der Waals surface area contributed by atoms with Crippen LogP contribution < -0.4 is 15.6 Å². The zero-order valence-electron chi connectivity index (χ0n) is 14.7. The van der Waals surface area contributed by atoms with Crippen molar-refractivity contribution in [3.63, 3.8) is 0 Å². The summed E-state index contributed by atoms with van der Waals surface area (Å²) in [4.78, 5) is 2.41. The number of hydrogen-bond donors (Lipinski definition) is 3. The van der Waals surface area contributed by atoms with Gasteiger partial charge in [-0.2, -0.15) is 0 Å². The molecular weight excluding hydrogens is 350 g/mol. The third-order valence-corrected chi connectivity index (χ3v) is 5.35. The van der Waals surface area contributed by atoms with E-state index in [1.807, 2.05) is 24.3 Å². The SMILES string of the molecule is Oc1cc(-c2cccc(Cl)c2)cc2c1OCCN(CCC1CNNC1)C2. The fourth-order valence-electron chi connectivity index (χ4n) is 3.65. The number of fused-ring (bicyclic) bond motifs is 1. The molecule has 138 valence electrons. The van der Waals surface area contributed by atoms with Crippen molar-refractivity contribution < 1.29 is 9.84 Å². The number of hydrogen-bond acceptors (Lipinski definition) is 5. The summed E-state index contributed by atoms with van der Waals surface area (Å²) in [5.41, 5.74) is 9.36. The molecule has 26 heavy (non-hydrogen) atoms. The second kappa shape index (κ2) is 7.84. The van der Waals surface area contributed by atoms with Crippen molar-refractivity contribution >= 4 is 11.6 Å². The number of hydrazine groups is 1. The molecule has 2 aromatic rings. The molecule has 2 heterocycles. The van der Waals surface area contributed by atoms with E-state index in [0.29, 0.717) is 23.3 Å². The van der Waals surface area contributed by atoms with Crippen LogP contribution in [0.3, 0.4) is 0 Å². The maximum Gasteiger partial charge on any atom is 0.165 e. The molecular formula is C20H24ClN3O2. The molecule has 0 aliphatic carbocycles. The normalized spacial score (nSPS) is 18.3. The molecule has 0 radical (unpaired) electrons. The Hall–Kier alpha value is -1.79. The third kappa shape index (κ3) is 3.96. The molecule has 0 amide bonds. The van der Waals surface area contributed by atoms with Gasteiger partial charge in [0.2, 0.25) is 0 Å². The summed E-state index contributed by atoms with van der Waals surface area (Å²) in [7, 11) is 0. The predicted octanol–water partition coefficient (Wildman–Crippen LogP) is 3.02. The number of rotatable bonds is 4. The molecule has 0 aromatic heterocycles. The highest BCUT2D eigenvalue weighted by atomic mass is 35.5. The Kier molecular flexibility index (Phi) is 5.31. The third-order valence-electron chi connectivity index (χ3n) is 5.11. The maximum atomic E-state index is 10.5. The first-order chi connectivity index (χ1) is 12.7. The Morgan fingerprint density at radius 1 is 1.15 bits per heavy atom. The van der Waals surface area contributed by atoms with Gasteiger partial charge in [0.25, 0.3) is 0 Å². The largest absolute Gasteiger partial charge is 0.504 e. The summed E-state index contributed by atoms with van der Waals surface area (Å²) in [5, 5.41) is 11.2. The van der Waals surface area contributed by atoms with E-state index in [9.17, 15) is 5.11 Å². The Balaban J connectivity index is 1.55. The summed E-state index contributed by atoms with van der Waals surface area (Å²) in [6.45, 7) is 5.33. The highest BCUT2D eigenvalue weighted by Crippen LogP contribution is 2.38. The van der Waals surface area contributed by atoms with E-state index in [4.69, 9.17) is 16.3 Å². The van der Waals surface area contributed by atoms with Crippen LogP contribution in [0.5, 0.6) is 11.5 Å². The lowest BCUT2D eigenvalue weighted by Crippen LogP contribution is -2.28. The summed E-state index contributed by atoms with van der Waals surface area (Å²) in [6.07, 6.45) is 1.15. The maximum absolute atomic E-state index is 10.5. The van der Waals surface area contributed by atoms with E-state index in [1.165, 1.54) is 0 Å². The zero-order valence-corrected chi connectivity index (χ0v) is 15.4. The summed E-state index contributed by atoms with van der Waals surface area (Å²) in [6, 6.07) is 11.6. The van der Waals surface area contributed by atoms with Gasteiger partial charge < -0.3 is 9.84 Å². The predicted molar refractivity (Wildman–Crippen MR) is 103 cm³/mol. The first-order valence-corrected chi connectivity index (χ1v) is 9.49. The molecule has 2 aliphatic heterocycles. The van der Waals surface area contributed by atoms with Crippen LogP contribution in [0.4, 0.5) is 0 Å². The Morgan fingerprint density at radius 2 is 2.00 bits per heavy atom. The van der Waals surface area contributed by atoms with E-state index in [-0.39, 0.29) is 5.75 Å². The number of nitrogens with one attached hydrogen (secondary N) is 2. The number of halogens is 1. The average molecular weight is 374 g/mol. The van der Waals surface area contributed by atoms with Crippen molar-refractivity contribution in [1.82, 2.24) is 15.8 Å². The van der Waals surface area contributed by atoms with Gasteiger partial charge in [-0.1, -0.05) is 23.7 Å². The molecule has 0 bridgehead atoms. The van der Waals surface area contributed by atoms with Crippen LogP contribution >= 0.6 is 11.6 Å². The van der Waals surface area contributed by atoms with Crippen molar-refractivity contribution in [3.8, 4) is 22.6 Å². The van der Waals surface area contributed by atoms with E-state index in [0.717, 1.165) is 55.8 Å². The standard InChI is InChI=1S/C20H24ClN3O2/c21-18-3-1-2-15(9-18)16-8-17-13-24(5-4-14-11-22-23-12-14)6-7-26-20(17)19(25)10-16/h1-3,8-10,14,22-23,25H,4-7,11-13H2. The minimum Gasteiger partial charge on any atom is -0.504 e. The molecule has 0 unspecified atom stereocenters. The molecule has 6 heteroatoms. The van der Waals surface area contributed by atoms with Gasteiger partial charge in [-0.05, 0) is 54.3 Å². The van der Waals surface area contributed by atoms with Crippen molar-refractivity contribution in [2.75, 3.05) is 32.8 Å². The molecule has 5 nitrogen and oxygen atoms in total. The number of phenolic OH excluding ortho intramolecular Hbond substituents is 1.